The molecule has 1 fully saturated rings. The molecule has 0 bridgehead atoms. The van der Waals surface area contributed by atoms with Gasteiger partial charge in [-0.05, 0) is 26.2 Å². The van der Waals surface area contributed by atoms with E-state index in [9.17, 15) is 4.79 Å². The Morgan fingerprint density at radius 1 is 1.76 bits per heavy atom. The van der Waals surface area contributed by atoms with E-state index in [1.165, 1.54) is 6.33 Å². The van der Waals surface area contributed by atoms with Gasteiger partial charge in [-0.1, -0.05) is 11.8 Å². The van der Waals surface area contributed by atoms with Crippen LogP contribution in [0.25, 0.3) is 0 Å². The summed E-state index contributed by atoms with van der Waals surface area (Å²) in [7, 11) is 0. The van der Waals surface area contributed by atoms with E-state index in [0.717, 1.165) is 23.8 Å². The number of nitrogens with one attached hydrogen (secondary N) is 2. The van der Waals surface area contributed by atoms with Gasteiger partial charge in [0.05, 0.1) is 5.54 Å². The molecule has 1 saturated carbocycles. The minimum atomic E-state index is -0.617. The number of primary amides is 1. The molecule has 0 radical (unpaired) electrons. The highest BCUT2D eigenvalue weighted by atomic mass is 32.2. The number of hydrogen-bond acceptors (Lipinski definition) is 5. The van der Waals surface area contributed by atoms with Gasteiger partial charge in [-0.3, -0.25) is 9.89 Å². The number of rotatable bonds is 7. The van der Waals surface area contributed by atoms with Gasteiger partial charge in [0.1, 0.15) is 6.33 Å². The van der Waals surface area contributed by atoms with Gasteiger partial charge in [0.25, 0.3) is 0 Å². The van der Waals surface area contributed by atoms with Crippen molar-refractivity contribution >= 4 is 17.7 Å². The van der Waals surface area contributed by atoms with Gasteiger partial charge in [-0.15, -0.1) is 0 Å². The Hall–Kier alpha value is -1.08. The van der Waals surface area contributed by atoms with Crippen LogP contribution in [0.15, 0.2) is 11.5 Å². The van der Waals surface area contributed by atoms with Crippen LogP contribution in [0.2, 0.25) is 0 Å². The Balaban J connectivity index is 1.82. The van der Waals surface area contributed by atoms with E-state index < -0.39 is 5.54 Å². The van der Waals surface area contributed by atoms with Crippen molar-refractivity contribution in [1.82, 2.24) is 20.5 Å². The number of nitrogens with zero attached hydrogens (tertiary/aromatic N) is 2. The van der Waals surface area contributed by atoms with E-state index in [-0.39, 0.29) is 5.91 Å². The molecular formula is C10H17N5OS. The zero-order valence-corrected chi connectivity index (χ0v) is 10.6. The van der Waals surface area contributed by atoms with Crippen molar-refractivity contribution in [2.75, 3.05) is 5.75 Å². The second kappa shape index (κ2) is 5.05. The van der Waals surface area contributed by atoms with Crippen molar-refractivity contribution in [2.45, 2.75) is 42.9 Å². The highest BCUT2D eigenvalue weighted by Crippen LogP contribution is 2.25. The Labute approximate surface area is 104 Å². The van der Waals surface area contributed by atoms with E-state index in [2.05, 4.69) is 20.5 Å². The van der Waals surface area contributed by atoms with Crippen LogP contribution >= 0.6 is 11.8 Å². The predicted octanol–water partition coefficient (Wildman–Crippen LogP) is 0.283. The predicted molar refractivity (Wildman–Crippen MR) is 65.5 cm³/mol. The first-order chi connectivity index (χ1) is 8.10. The largest absolute Gasteiger partial charge is 0.368 e. The number of H-pyrrole nitrogens is 1. The van der Waals surface area contributed by atoms with E-state index in [4.69, 9.17) is 5.73 Å². The first kappa shape index (κ1) is 12.4. The number of hydrogen-bond donors (Lipinski definition) is 3. The maximum atomic E-state index is 11.5. The molecule has 0 aliphatic heterocycles. The third kappa shape index (κ3) is 3.44. The fourth-order valence-corrected chi connectivity index (χ4v) is 2.50. The molecule has 6 nitrogen and oxygen atoms in total. The van der Waals surface area contributed by atoms with Crippen molar-refractivity contribution < 1.29 is 4.79 Å². The molecule has 1 aromatic rings. The summed E-state index contributed by atoms with van der Waals surface area (Å²) in [5, 5.41) is 10.6. The van der Waals surface area contributed by atoms with Crippen LogP contribution in [-0.4, -0.2) is 38.4 Å². The third-order valence-corrected chi connectivity index (χ3v) is 3.76. The summed E-state index contributed by atoms with van der Waals surface area (Å²) in [4.78, 5) is 15.5. The SMILES string of the molecule is CC(CCSc1ncn[nH]1)(NC1CC1)C(N)=O. The van der Waals surface area contributed by atoms with Gasteiger partial charge in [0.15, 0.2) is 5.16 Å². The Kier molecular flexibility index (Phi) is 3.68. The highest BCUT2D eigenvalue weighted by Gasteiger charge is 2.36. The minimum absolute atomic E-state index is 0.289. The minimum Gasteiger partial charge on any atom is -0.368 e. The standard InChI is InChI=1S/C10H17N5OS/c1-10(8(11)16,14-7-2-3-7)4-5-17-9-12-6-13-15-9/h6-7,14H,2-5H2,1H3,(H2,11,16)(H,12,13,15). The lowest BCUT2D eigenvalue weighted by Crippen LogP contribution is -2.54. The average Bonchev–Trinajstić information content (AvgIpc) is 2.93. The molecule has 1 aromatic heterocycles. The summed E-state index contributed by atoms with van der Waals surface area (Å²) in [5.41, 5.74) is 4.84. The van der Waals surface area contributed by atoms with E-state index in [0.29, 0.717) is 12.5 Å². The number of aromatic amines is 1. The van der Waals surface area contributed by atoms with Crippen LogP contribution in [0.4, 0.5) is 0 Å². The lowest BCUT2D eigenvalue weighted by Gasteiger charge is -2.27. The van der Waals surface area contributed by atoms with Crippen molar-refractivity contribution in [3.8, 4) is 0 Å². The van der Waals surface area contributed by atoms with E-state index in [1.54, 1.807) is 11.8 Å². The first-order valence-corrected chi connectivity index (χ1v) is 6.64. The van der Waals surface area contributed by atoms with Crippen molar-refractivity contribution in [3.05, 3.63) is 6.33 Å². The summed E-state index contributed by atoms with van der Waals surface area (Å²) in [5.74, 6) is 0.483. The van der Waals surface area contributed by atoms with Gasteiger partial charge in [0.2, 0.25) is 5.91 Å². The highest BCUT2D eigenvalue weighted by molar-refractivity contribution is 7.99. The van der Waals surface area contributed by atoms with Crippen LogP contribution in [0.3, 0.4) is 0 Å². The Bertz CT molecular complexity index is 378. The maximum Gasteiger partial charge on any atom is 0.237 e. The lowest BCUT2D eigenvalue weighted by molar-refractivity contribution is -0.124. The monoisotopic (exact) mass is 255 g/mol. The van der Waals surface area contributed by atoms with Crippen molar-refractivity contribution in [2.24, 2.45) is 5.73 Å². The fourth-order valence-electron chi connectivity index (χ4n) is 1.56. The van der Waals surface area contributed by atoms with Crippen LogP contribution in [0.1, 0.15) is 26.2 Å². The number of thioether (sulfide) groups is 1. The summed E-state index contributed by atoms with van der Waals surface area (Å²) in [6.07, 6.45) is 4.43. The molecule has 0 spiro atoms. The quantitative estimate of drug-likeness (QED) is 0.608. The fraction of sp³-hybridized carbons (Fsp3) is 0.700. The lowest BCUT2D eigenvalue weighted by atomic mass is 9.98. The van der Waals surface area contributed by atoms with Gasteiger partial charge in [0, 0.05) is 11.8 Å². The van der Waals surface area contributed by atoms with E-state index in [1.807, 2.05) is 6.92 Å². The molecule has 1 unspecified atom stereocenters. The first-order valence-electron chi connectivity index (χ1n) is 5.66. The summed E-state index contributed by atoms with van der Waals surface area (Å²) < 4.78 is 0. The van der Waals surface area contributed by atoms with Gasteiger partial charge < -0.3 is 11.1 Å². The maximum absolute atomic E-state index is 11.5. The topological polar surface area (TPSA) is 96.7 Å². The Morgan fingerprint density at radius 2 is 2.53 bits per heavy atom. The number of amides is 1. The Morgan fingerprint density at radius 3 is 3.06 bits per heavy atom. The molecule has 1 atom stereocenters. The third-order valence-electron chi connectivity index (χ3n) is 2.88. The average molecular weight is 255 g/mol. The summed E-state index contributed by atoms with van der Waals surface area (Å²) in [6.45, 7) is 1.87. The molecule has 94 valence electrons. The molecule has 17 heavy (non-hydrogen) atoms. The van der Waals surface area contributed by atoms with E-state index >= 15 is 0 Å². The molecule has 0 aromatic carbocycles. The second-order valence-electron chi connectivity index (χ2n) is 4.50. The normalized spacial score (nSPS) is 18.9. The van der Waals surface area contributed by atoms with Crippen LogP contribution in [0.5, 0.6) is 0 Å². The molecule has 1 amide bonds. The van der Waals surface area contributed by atoms with Crippen LogP contribution in [0, 0.1) is 0 Å². The van der Waals surface area contributed by atoms with Crippen LogP contribution < -0.4 is 11.1 Å². The molecule has 0 saturated heterocycles. The zero-order valence-electron chi connectivity index (χ0n) is 9.77. The molecular weight excluding hydrogens is 238 g/mol. The molecule has 4 N–H and O–H groups in total. The van der Waals surface area contributed by atoms with Crippen LogP contribution in [-0.2, 0) is 4.79 Å². The second-order valence-corrected chi connectivity index (χ2v) is 5.59. The van der Waals surface area contributed by atoms with Gasteiger partial charge >= 0.3 is 0 Å². The van der Waals surface area contributed by atoms with Crippen molar-refractivity contribution in [1.29, 1.82) is 0 Å². The number of carbonyl (C=O) groups is 1. The summed E-state index contributed by atoms with van der Waals surface area (Å²) in [6, 6.07) is 0.461. The van der Waals surface area contributed by atoms with Gasteiger partial charge in [-0.25, -0.2) is 4.98 Å². The summed E-state index contributed by atoms with van der Waals surface area (Å²) >= 11 is 1.54. The molecule has 1 aliphatic carbocycles. The number of nitrogens with two attached hydrogens (primary N) is 1. The number of carbonyl (C=O) groups excluding carboxylic acids is 1. The molecule has 1 aliphatic rings. The smallest absolute Gasteiger partial charge is 0.237 e. The number of aromatic nitrogens is 3. The zero-order chi connectivity index (χ0) is 12.3. The molecule has 7 heteroatoms. The van der Waals surface area contributed by atoms with Crippen molar-refractivity contribution in [3.63, 3.8) is 0 Å². The molecule has 1 heterocycles. The molecule has 2 rings (SSSR count). The van der Waals surface area contributed by atoms with Gasteiger partial charge in [-0.2, -0.15) is 5.10 Å².